The molecule has 0 spiro atoms. The molecule has 0 unspecified atom stereocenters. The first-order valence-corrected chi connectivity index (χ1v) is 7.28. The van der Waals surface area contributed by atoms with Crippen molar-refractivity contribution in [2.45, 2.75) is 12.7 Å². The maximum Gasteiger partial charge on any atom is 0.416 e. The highest BCUT2D eigenvalue weighted by Gasteiger charge is 2.30. The van der Waals surface area contributed by atoms with Gasteiger partial charge in [0.05, 0.1) is 10.9 Å². The van der Waals surface area contributed by atoms with E-state index in [0.717, 1.165) is 12.1 Å². The normalized spacial score (nSPS) is 11.5. The highest BCUT2D eigenvalue weighted by Crippen LogP contribution is 2.29. The van der Waals surface area contributed by atoms with Gasteiger partial charge in [-0.15, -0.1) is 0 Å². The Hall–Kier alpha value is -3.16. The molecule has 8 heteroatoms. The van der Waals surface area contributed by atoms with Gasteiger partial charge in [0.2, 0.25) is 0 Å². The molecule has 3 rings (SSSR count). The number of rotatable bonds is 3. The maximum absolute atomic E-state index is 12.7. The SMILES string of the molecule is O=C(NCc1cccc(C(F)(F)F)c1)c1n[nH]c(=O)c2ccccc12. The molecule has 1 amide bonds. The fraction of sp³-hybridized carbons (Fsp3) is 0.118. The van der Waals surface area contributed by atoms with Crippen molar-refractivity contribution in [2.75, 3.05) is 0 Å². The van der Waals surface area contributed by atoms with E-state index >= 15 is 0 Å². The summed E-state index contributed by atoms with van der Waals surface area (Å²) in [6.45, 7) is -0.0993. The minimum absolute atomic E-state index is 0.00201. The number of aromatic nitrogens is 2. The van der Waals surface area contributed by atoms with Crippen LogP contribution in [-0.4, -0.2) is 16.1 Å². The van der Waals surface area contributed by atoms with Crippen molar-refractivity contribution in [2.24, 2.45) is 0 Å². The molecule has 0 bridgehead atoms. The van der Waals surface area contributed by atoms with Crippen molar-refractivity contribution in [3.8, 4) is 0 Å². The Balaban J connectivity index is 1.83. The third-order valence-corrected chi connectivity index (χ3v) is 3.62. The van der Waals surface area contributed by atoms with Crippen LogP contribution in [0.25, 0.3) is 10.8 Å². The summed E-state index contributed by atoms with van der Waals surface area (Å²) in [5, 5.41) is 9.17. The van der Waals surface area contributed by atoms with Gasteiger partial charge in [-0.05, 0) is 23.8 Å². The van der Waals surface area contributed by atoms with E-state index in [4.69, 9.17) is 0 Å². The highest BCUT2D eigenvalue weighted by atomic mass is 19.4. The third-order valence-electron chi connectivity index (χ3n) is 3.62. The van der Waals surface area contributed by atoms with E-state index in [1.807, 2.05) is 0 Å². The number of nitrogens with zero attached hydrogens (tertiary/aromatic N) is 1. The molecule has 1 heterocycles. The maximum atomic E-state index is 12.7. The lowest BCUT2D eigenvalue weighted by Crippen LogP contribution is -2.26. The van der Waals surface area contributed by atoms with Crippen molar-refractivity contribution in [3.63, 3.8) is 0 Å². The first-order chi connectivity index (χ1) is 11.9. The largest absolute Gasteiger partial charge is 0.416 e. The number of hydrogen-bond acceptors (Lipinski definition) is 3. The number of halogens is 3. The molecule has 0 aliphatic heterocycles. The van der Waals surface area contributed by atoms with Gasteiger partial charge in [-0.1, -0.05) is 30.3 Å². The summed E-state index contributed by atoms with van der Waals surface area (Å²) in [7, 11) is 0. The summed E-state index contributed by atoms with van der Waals surface area (Å²) in [5.41, 5.74) is -0.907. The molecule has 0 saturated heterocycles. The lowest BCUT2D eigenvalue weighted by molar-refractivity contribution is -0.137. The Morgan fingerprint density at radius 3 is 2.52 bits per heavy atom. The predicted octanol–water partition coefficient (Wildman–Crippen LogP) is 2.87. The zero-order chi connectivity index (χ0) is 18.0. The van der Waals surface area contributed by atoms with E-state index in [1.165, 1.54) is 12.1 Å². The Morgan fingerprint density at radius 1 is 1.08 bits per heavy atom. The number of amides is 1. The molecule has 3 aromatic rings. The lowest BCUT2D eigenvalue weighted by Gasteiger charge is -2.10. The minimum Gasteiger partial charge on any atom is -0.347 e. The number of benzene rings is 2. The van der Waals surface area contributed by atoms with Crippen molar-refractivity contribution >= 4 is 16.7 Å². The molecular weight excluding hydrogens is 335 g/mol. The lowest BCUT2D eigenvalue weighted by atomic mass is 10.1. The van der Waals surface area contributed by atoms with Crippen molar-refractivity contribution in [1.82, 2.24) is 15.5 Å². The summed E-state index contributed by atoms with van der Waals surface area (Å²) in [4.78, 5) is 24.0. The molecule has 5 nitrogen and oxygen atoms in total. The van der Waals surface area contributed by atoms with E-state index in [0.29, 0.717) is 16.3 Å². The van der Waals surface area contributed by atoms with E-state index in [2.05, 4.69) is 15.5 Å². The second-order valence-corrected chi connectivity index (χ2v) is 5.33. The number of alkyl halides is 3. The van der Waals surface area contributed by atoms with Crippen LogP contribution >= 0.6 is 0 Å². The molecule has 1 aromatic heterocycles. The van der Waals surface area contributed by atoms with Gasteiger partial charge in [-0.25, -0.2) is 5.10 Å². The molecule has 2 aromatic carbocycles. The fourth-order valence-corrected chi connectivity index (χ4v) is 2.41. The zero-order valence-electron chi connectivity index (χ0n) is 12.7. The van der Waals surface area contributed by atoms with Gasteiger partial charge in [0.1, 0.15) is 0 Å². The van der Waals surface area contributed by atoms with Crippen molar-refractivity contribution in [1.29, 1.82) is 0 Å². The Kier molecular flexibility index (Phi) is 4.26. The Morgan fingerprint density at radius 2 is 1.80 bits per heavy atom. The average Bonchev–Trinajstić information content (AvgIpc) is 2.60. The van der Waals surface area contributed by atoms with Crippen molar-refractivity contribution < 1.29 is 18.0 Å². The molecule has 2 N–H and O–H groups in total. The second-order valence-electron chi connectivity index (χ2n) is 5.33. The molecule has 128 valence electrons. The van der Waals surface area contributed by atoms with Gasteiger partial charge < -0.3 is 5.32 Å². The fourth-order valence-electron chi connectivity index (χ4n) is 2.41. The molecule has 0 aliphatic carbocycles. The summed E-state index contributed by atoms with van der Waals surface area (Å²) in [6, 6.07) is 11.1. The smallest absolute Gasteiger partial charge is 0.347 e. The number of H-pyrrole nitrogens is 1. The molecule has 0 aliphatic rings. The third kappa shape index (κ3) is 3.52. The summed E-state index contributed by atoms with van der Waals surface area (Å²) in [5.74, 6) is -0.593. The number of nitrogens with one attached hydrogen (secondary N) is 2. The van der Waals surface area contributed by atoms with Crippen molar-refractivity contribution in [3.05, 3.63) is 75.7 Å². The van der Waals surface area contributed by atoms with Crippen LogP contribution in [0.15, 0.2) is 53.3 Å². The van der Waals surface area contributed by atoms with Gasteiger partial charge in [0, 0.05) is 11.9 Å². The first kappa shape index (κ1) is 16.7. The number of carbonyl (C=O) groups is 1. The molecule has 25 heavy (non-hydrogen) atoms. The average molecular weight is 347 g/mol. The summed E-state index contributed by atoms with van der Waals surface area (Å²) < 4.78 is 38.1. The number of hydrogen-bond donors (Lipinski definition) is 2. The monoisotopic (exact) mass is 347 g/mol. The Labute approximate surface area is 139 Å². The molecule has 0 atom stereocenters. The van der Waals surface area contributed by atoms with E-state index in [-0.39, 0.29) is 12.2 Å². The minimum atomic E-state index is -4.45. The van der Waals surface area contributed by atoms with Crippen LogP contribution < -0.4 is 10.9 Å². The van der Waals surface area contributed by atoms with Gasteiger partial charge in [-0.2, -0.15) is 18.3 Å². The summed E-state index contributed by atoms with van der Waals surface area (Å²) in [6.07, 6.45) is -4.45. The number of carbonyl (C=O) groups excluding carboxylic acids is 1. The van der Waals surface area contributed by atoms with E-state index in [1.54, 1.807) is 24.3 Å². The van der Waals surface area contributed by atoms with Crippen LogP contribution in [0.5, 0.6) is 0 Å². The zero-order valence-corrected chi connectivity index (χ0v) is 12.7. The number of aromatic amines is 1. The van der Waals surface area contributed by atoms with Gasteiger partial charge in [0.15, 0.2) is 5.69 Å². The van der Waals surface area contributed by atoms with Crippen LogP contribution in [0.1, 0.15) is 21.6 Å². The van der Waals surface area contributed by atoms with Crippen LogP contribution in [-0.2, 0) is 12.7 Å². The molecule has 0 saturated carbocycles. The van der Waals surface area contributed by atoms with Crippen LogP contribution in [0.3, 0.4) is 0 Å². The molecular formula is C17H12F3N3O2. The van der Waals surface area contributed by atoms with E-state index < -0.39 is 23.2 Å². The predicted molar refractivity (Wildman–Crippen MR) is 85.0 cm³/mol. The standard InChI is InChI=1S/C17H12F3N3O2/c18-17(19,20)11-5-3-4-10(8-11)9-21-16(25)14-12-6-1-2-7-13(12)15(24)23-22-14/h1-8H,9H2,(H,21,25)(H,23,24). The second kappa shape index (κ2) is 6.39. The highest BCUT2D eigenvalue weighted by molar-refractivity contribution is 6.04. The van der Waals surface area contributed by atoms with Gasteiger partial charge in [0.25, 0.3) is 11.5 Å². The van der Waals surface area contributed by atoms with Gasteiger partial charge in [-0.3, -0.25) is 9.59 Å². The molecule has 0 radical (unpaired) electrons. The quantitative estimate of drug-likeness (QED) is 0.765. The topological polar surface area (TPSA) is 74.8 Å². The van der Waals surface area contributed by atoms with Crippen LogP contribution in [0.2, 0.25) is 0 Å². The molecule has 0 fully saturated rings. The van der Waals surface area contributed by atoms with E-state index in [9.17, 15) is 22.8 Å². The Bertz CT molecular complexity index is 996. The number of fused-ring (bicyclic) bond motifs is 1. The van der Waals surface area contributed by atoms with Gasteiger partial charge >= 0.3 is 6.18 Å². The van der Waals surface area contributed by atoms with Crippen LogP contribution in [0, 0.1) is 0 Å². The summed E-state index contributed by atoms with van der Waals surface area (Å²) >= 11 is 0. The first-order valence-electron chi connectivity index (χ1n) is 7.28. The van der Waals surface area contributed by atoms with Crippen LogP contribution in [0.4, 0.5) is 13.2 Å².